The van der Waals surface area contributed by atoms with Gasteiger partial charge in [-0.3, -0.25) is 0 Å². The van der Waals surface area contributed by atoms with Crippen LogP contribution >= 0.6 is 0 Å². The molecule has 0 saturated heterocycles. The summed E-state index contributed by atoms with van der Waals surface area (Å²) in [6, 6.07) is 0. The van der Waals surface area contributed by atoms with Gasteiger partial charge in [-0.05, 0) is 0 Å². The quantitative estimate of drug-likeness (QED) is 0.263. The second kappa shape index (κ2) is 16.5. The fraction of sp³-hybridized carbons (Fsp3) is 0.833. The molecule has 0 amide bonds. The summed E-state index contributed by atoms with van der Waals surface area (Å²) in [6.07, 6.45) is 3.74. The van der Waals surface area contributed by atoms with Crippen molar-refractivity contribution in [1.82, 2.24) is 0 Å². The van der Waals surface area contributed by atoms with Gasteiger partial charge >= 0.3 is 0 Å². The lowest BCUT2D eigenvalue weighted by Gasteiger charge is -2.03. The van der Waals surface area contributed by atoms with E-state index in [2.05, 4.69) is 0 Å². The molecule has 0 bridgehead atoms. The van der Waals surface area contributed by atoms with Crippen LogP contribution < -0.4 is 0 Å². The van der Waals surface area contributed by atoms with Gasteiger partial charge in [-0.25, -0.2) is 0 Å². The second-order valence-corrected chi connectivity index (χ2v) is 3.25. The summed E-state index contributed by atoms with van der Waals surface area (Å²) < 4.78 is 30.2. The van der Waals surface area contributed by atoms with Crippen molar-refractivity contribution >= 4 is 0 Å². The molecule has 0 heterocycles. The van der Waals surface area contributed by atoms with Gasteiger partial charge in [-0.2, -0.15) is 0 Å². The SMILES string of the molecule is COCCOCOC/C=C\COCOCCOC. The highest BCUT2D eigenvalue weighted by Crippen LogP contribution is 1.84. The third-order valence-electron chi connectivity index (χ3n) is 1.79. The van der Waals surface area contributed by atoms with E-state index in [0.717, 1.165) is 0 Å². The molecular weight excluding hydrogens is 240 g/mol. The van der Waals surface area contributed by atoms with Gasteiger partial charge in [0.1, 0.15) is 13.6 Å². The maximum Gasteiger partial charge on any atom is 0.147 e. The van der Waals surface area contributed by atoms with E-state index in [1.165, 1.54) is 0 Å². The maximum atomic E-state index is 5.17. The largest absolute Gasteiger partial charge is 0.382 e. The zero-order valence-electron chi connectivity index (χ0n) is 11.3. The van der Waals surface area contributed by atoms with Gasteiger partial charge in [0.05, 0.1) is 39.6 Å². The van der Waals surface area contributed by atoms with Crippen LogP contribution in [-0.2, 0) is 28.4 Å². The minimum Gasteiger partial charge on any atom is -0.382 e. The third kappa shape index (κ3) is 15.5. The monoisotopic (exact) mass is 264 g/mol. The third-order valence-corrected chi connectivity index (χ3v) is 1.79. The molecule has 0 aromatic heterocycles. The van der Waals surface area contributed by atoms with E-state index in [-0.39, 0.29) is 13.6 Å². The van der Waals surface area contributed by atoms with E-state index in [4.69, 9.17) is 28.4 Å². The van der Waals surface area contributed by atoms with Crippen LogP contribution in [0.3, 0.4) is 0 Å². The Labute approximate surface area is 109 Å². The molecule has 0 N–H and O–H groups in total. The van der Waals surface area contributed by atoms with Gasteiger partial charge in [-0.15, -0.1) is 0 Å². The smallest absolute Gasteiger partial charge is 0.147 e. The number of methoxy groups -OCH3 is 2. The first-order valence-electron chi connectivity index (χ1n) is 5.85. The molecule has 0 aliphatic rings. The molecule has 0 aromatic carbocycles. The van der Waals surface area contributed by atoms with Crippen LogP contribution in [0.25, 0.3) is 0 Å². The van der Waals surface area contributed by atoms with Crippen LogP contribution in [0.2, 0.25) is 0 Å². The van der Waals surface area contributed by atoms with E-state index in [1.807, 2.05) is 12.2 Å². The molecule has 6 nitrogen and oxygen atoms in total. The molecule has 18 heavy (non-hydrogen) atoms. The first kappa shape index (κ1) is 17.5. The topological polar surface area (TPSA) is 55.4 Å². The normalized spacial score (nSPS) is 11.4. The lowest BCUT2D eigenvalue weighted by Crippen LogP contribution is -2.06. The van der Waals surface area contributed by atoms with Crippen LogP contribution in [-0.4, -0.2) is 67.4 Å². The average molecular weight is 264 g/mol. The van der Waals surface area contributed by atoms with Crippen molar-refractivity contribution < 1.29 is 28.4 Å². The summed E-state index contributed by atoms with van der Waals surface area (Å²) in [6.45, 7) is 3.79. The minimum atomic E-state index is 0.273. The van der Waals surface area contributed by atoms with Crippen molar-refractivity contribution in [2.45, 2.75) is 0 Å². The Hall–Kier alpha value is -0.500. The van der Waals surface area contributed by atoms with Crippen molar-refractivity contribution in [2.24, 2.45) is 0 Å². The molecule has 0 unspecified atom stereocenters. The molecule has 0 fully saturated rings. The summed E-state index contributed by atoms with van der Waals surface area (Å²) in [5.74, 6) is 0. The van der Waals surface area contributed by atoms with Crippen molar-refractivity contribution in [1.29, 1.82) is 0 Å². The van der Waals surface area contributed by atoms with Crippen LogP contribution in [0.1, 0.15) is 0 Å². The van der Waals surface area contributed by atoms with Gasteiger partial charge in [0.2, 0.25) is 0 Å². The molecule has 0 saturated carbocycles. The minimum absolute atomic E-state index is 0.273. The Morgan fingerprint density at radius 3 is 1.44 bits per heavy atom. The second-order valence-electron chi connectivity index (χ2n) is 3.25. The molecule has 0 spiro atoms. The highest BCUT2D eigenvalue weighted by molar-refractivity contribution is 4.80. The predicted octanol–water partition coefficient (Wildman–Crippen LogP) is 0.817. The lowest BCUT2D eigenvalue weighted by atomic mass is 10.5. The Balaban J connectivity index is 3.00. The van der Waals surface area contributed by atoms with E-state index >= 15 is 0 Å². The zero-order chi connectivity index (χ0) is 13.3. The van der Waals surface area contributed by atoms with Gasteiger partial charge in [0, 0.05) is 14.2 Å². The predicted molar refractivity (Wildman–Crippen MR) is 66.4 cm³/mol. The van der Waals surface area contributed by atoms with E-state index in [9.17, 15) is 0 Å². The molecule has 6 heteroatoms. The first-order chi connectivity index (χ1) is 8.91. The highest BCUT2D eigenvalue weighted by atomic mass is 16.7. The van der Waals surface area contributed by atoms with Crippen LogP contribution in [0.5, 0.6) is 0 Å². The van der Waals surface area contributed by atoms with Crippen molar-refractivity contribution in [3.05, 3.63) is 12.2 Å². The standard InChI is InChI=1S/C12H24O6/c1-13-7-9-17-11-15-5-3-4-6-16-12-18-10-8-14-2/h3-4H,5-12H2,1-2H3/b4-3-. The summed E-state index contributed by atoms with van der Waals surface area (Å²) >= 11 is 0. The molecule has 0 rings (SSSR count). The molecule has 0 radical (unpaired) electrons. The molecule has 0 atom stereocenters. The molecule has 108 valence electrons. The van der Waals surface area contributed by atoms with Crippen molar-refractivity contribution in [2.75, 3.05) is 67.4 Å². The van der Waals surface area contributed by atoms with Gasteiger partial charge in [0.25, 0.3) is 0 Å². The molecule has 0 aliphatic carbocycles. The molecular formula is C12H24O6. The number of hydrogen-bond acceptors (Lipinski definition) is 6. The number of hydrogen-bond donors (Lipinski definition) is 0. The highest BCUT2D eigenvalue weighted by Gasteiger charge is 1.87. The van der Waals surface area contributed by atoms with Crippen LogP contribution in [0.4, 0.5) is 0 Å². The zero-order valence-corrected chi connectivity index (χ0v) is 11.3. The van der Waals surface area contributed by atoms with Gasteiger partial charge < -0.3 is 28.4 Å². The molecule has 0 aliphatic heterocycles. The van der Waals surface area contributed by atoms with E-state index < -0.39 is 0 Å². The van der Waals surface area contributed by atoms with Crippen molar-refractivity contribution in [3.63, 3.8) is 0 Å². The Morgan fingerprint density at radius 2 is 1.06 bits per heavy atom. The van der Waals surface area contributed by atoms with Crippen LogP contribution in [0.15, 0.2) is 12.2 Å². The Bertz CT molecular complexity index is 156. The van der Waals surface area contributed by atoms with Crippen LogP contribution in [0, 0.1) is 0 Å². The average Bonchev–Trinajstić information content (AvgIpc) is 2.39. The fourth-order valence-corrected chi connectivity index (χ4v) is 0.889. The first-order valence-corrected chi connectivity index (χ1v) is 5.85. The molecule has 0 aromatic rings. The summed E-state index contributed by atoms with van der Waals surface area (Å²) in [7, 11) is 3.26. The summed E-state index contributed by atoms with van der Waals surface area (Å²) in [5.41, 5.74) is 0. The van der Waals surface area contributed by atoms with Gasteiger partial charge in [0.15, 0.2) is 0 Å². The van der Waals surface area contributed by atoms with E-state index in [1.54, 1.807) is 14.2 Å². The van der Waals surface area contributed by atoms with Crippen molar-refractivity contribution in [3.8, 4) is 0 Å². The fourth-order valence-electron chi connectivity index (χ4n) is 0.889. The Kier molecular flexibility index (Phi) is 16.0. The summed E-state index contributed by atoms with van der Waals surface area (Å²) in [4.78, 5) is 0. The van der Waals surface area contributed by atoms with Gasteiger partial charge in [-0.1, -0.05) is 12.2 Å². The number of rotatable bonds is 14. The Morgan fingerprint density at radius 1 is 0.611 bits per heavy atom. The number of ether oxygens (including phenoxy) is 6. The van der Waals surface area contributed by atoms with E-state index in [0.29, 0.717) is 39.6 Å². The maximum absolute atomic E-state index is 5.17. The lowest BCUT2D eigenvalue weighted by molar-refractivity contribution is -0.0598. The summed E-state index contributed by atoms with van der Waals surface area (Å²) in [5, 5.41) is 0.